The maximum atomic E-state index is 6.15. The first-order valence-corrected chi connectivity index (χ1v) is 5.96. The molecule has 3 aromatic rings. The second kappa shape index (κ2) is 3.94. The second-order valence-electron chi connectivity index (χ2n) is 4.25. The summed E-state index contributed by atoms with van der Waals surface area (Å²) < 4.78 is 0. The van der Waals surface area contributed by atoms with Crippen molar-refractivity contribution >= 4 is 22.5 Å². The zero-order valence-corrected chi connectivity index (χ0v) is 10.3. The van der Waals surface area contributed by atoms with E-state index in [0.29, 0.717) is 0 Å². The van der Waals surface area contributed by atoms with E-state index in [0.717, 1.165) is 21.6 Å². The van der Waals surface area contributed by atoms with E-state index in [9.17, 15) is 0 Å². The molecule has 0 aliphatic heterocycles. The number of hydrogen-bond donors (Lipinski definition) is 1. The Bertz CT molecular complexity index is 665. The summed E-state index contributed by atoms with van der Waals surface area (Å²) >= 11 is 6.15. The molecule has 1 aromatic heterocycles. The van der Waals surface area contributed by atoms with Gasteiger partial charge in [-0.15, -0.1) is 0 Å². The molecule has 2 aromatic carbocycles. The van der Waals surface area contributed by atoms with Crippen molar-refractivity contribution in [3.63, 3.8) is 0 Å². The lowest BCUT2D eigenvalue weighted by atomic mass is 10.1. The van der Waals surface area contributed by atoms with Gasteiger partial charge in [0.2, 0.25) is 0 Å². The minimum atomic E-state index is 0.765. The van der Waals surface area contributed by atoms with Crippen molar-refractivity contribution in [3.8, 4) is 11.3 Å². The minimum Gasteiger partial charge on any atom is -0.353 e. The molecule has 1 nitrogen and oxygen atoms in total. The van der Waals surface area contributed by atoms with E-state index in [4.69, 9.17) is 11.6 Å². The number of hydrogen-bond acceptors (Lipinski definition) is 0. The molecule has 0 aliphatic rings. The number of aryl methyl sites for hydroxylation is 1. The van der Waals surface area contributed by atoms with Gasteiger partial charge in [0.05, 0.1) is 10.5 Å². The van der Waals surface area contributed by atoms with E-state index in [1.165, 1.54) is 11.1 Å². The maximum absolute atomic E-state index is 6.15. The SMILES string of the molecule is Cc1ccc(-c2cc3cccc(Cl)c3[nH]2)cc1. The topological polar surface area (TPSA) is 15.8 Å². The van der Waals surface area contributed by atoms with Gasteiger partial charge in [0, 0.05) is 11.1 Å². The first-order chi connectivity index (χ1) is 8.24. The Morgan fingerprint density at radius 2 is 1.76 bits per heavy atom. The van der Waals surface area contributed by atoms with Gasteiger partial charge in [-0.2, -0.15) is 0 Å². The van der Waals surface area contributed by atoms with Gasteiger partial charge in [0.15, 0.2) is 0 Å². The molecule has 0 bridgehead atoms. The molecule has 0 unspecified atom stereocenters. The van der Waals surface area contributed by atoms with Gasteiger partial charge < -0.3 is 4.98 Å². The zero-order chi connectivity index (χ0) is 11.8. The number of H-pyrrole nitrogens is 1. The number of para-hydroxylation sites is 1. The highest BCUT2D eigenvalue weighted by Gasteiger charge is 2.05. The van der Waals surface area contributed by atoms with E-state index in [1.807, 2.05) is 12.1 Å². The Hall–Kier alpha value is -1.73. The van der Waals surface area contributed by atoms with Crippen LogP contribution in [0.1, 0.15) is 5.56 Å². The molecule has 1 N–H and O–H groups in total. The van der Waals surface area contributed by atoms with E-state index in [2.05, 4.69) is 48.3 Å². The van der Waals surface area contributed by atoms with E-state index < -0.39 is 0 Å². The van der Waals surface area contributed by atoms with Crippen LogP contribution in [0.3, 0.4) is 0 Å². The van der Waals surface area contributed by atoms with Crippen molar-refractivity contribution in [2.75, 3.05) is 0 Å². The zero-order valence-electron chi connectivity index (χ0n) is 9.50. The first-order valence-electron chi connectivity index (χ1n) is 5.58. The van der Waals surface area contributed by atoms with E-state index >= 15 is 0 Å². The molecule has 0 aliphatic carbocycles. The summed E-state index contributed by atoms with van der Waals surface area (Å²) in [7, 11) is 0. The molecule has 0 atom stereocenters. The smallest absolute Gasteiger partial charge is 0.0648 e. The highest BCUT2D eigenvalue weighted by molar-refractivity contribution is 6.35. The number of aromatic nitrogens is 1. The quantitative estimate of drug-likeness (QED) is 0.630. The van der Waals surface area contributed by atoms with Crippen LogP contribution in [0.4, 0.5) is 0 Å². The molecule has 2 heteroatoms. The molecule has 1 heterocycles. The lowest BCUT2D eigenvalue weighted by molar-refractivity contribution is 1.42. The third-order valence-electron chi connectivity index (χ3n) is 2.97. The average Bonchev–Trinajstić information content (AvgIpc) is 2.75. The molecule has 84 valence electrons. The number of rotatable bonds is 1. The van der Waals surface area contributed by atoms with Crippen molar-refractivity contribution in [2.24, 2.45) is 0 Å². The number of benzene rings is 2. The monoisotopic (exact) mass is 241 g/mol. The summed E-state index contributed by atoms with van der Waals surface area (Å²) in [6.07, 6.45) is 0. The van der Waals surface area contributed by atoms with Gasteiger partial charge in [0.1, 0.15) is 0 Å². The second-order valence-corrected chi connectivity index (χ2v) is 4.66. The highest BCUT2D eigenvalue weighted by Crippen LogP contribution is 2.28. The fourth-order valence-electron chi connectivity index (χ4n) is 2.01. The molecule has 0 spiro atoms. The summed E-state index contributed by atoms with van der Waals surface area (Å²) in [6, 6.07) is 16.5. The van der Waals surface area contributed by atoms with E-state index in [1.54, 1.807) is 0 Å². The molecular formula is C15H12ClN. The Balaban J connectivity index is 2.18. The van der Waals surface area contributed by atoms with Gasteiger partial charge in [-0.3, -0.25) is 0 Å². The van der Waals surface area contributed by atoms with Crippen LogP contribution in [-0.2, 0) is 0 Å². The average molecular weight is 242 g/mol. The third-order valence-corrected chi connectivity index (χ3v) is 3.28. The van der Waals surface area contributed by atoms with Gasteiger partial charge in [-0.25, -0.2) is 0 Å². The van der Waals surface area contributed by atoms with Gasteiger partial charge in [-0.05, 0) is 24.6 Å². The molecule has 0 fully saturated rings. The summed E-state index contributed by atoms with van der Waals surface area (Å²) in [5, 5.41) is 1.91. The minimum absolute atomic E-state index is 0.765. The molecule has 0 saturated heterocycles. The Morgan fingerprint density at radius 1 is 1.00 bits per heavy atom. The summed E-state index contributed by atoms with van der Waals surface area (Å²) in [5.41, 5.74) is 4.56. The predicted octanol–water partition coefficient (Wildman–Crippen LogP) is 4.80. The maximum Gasteiger partial charge on any atom is 0.0648 e. The van der Waals surface area contributed by atoms with Crippen LogP contribution in [0.2, 0.25) is 5.02 Å². The normalized spacial score (nSPS) is 10.9. The number of fused-ring (bicyclic) bond motifs is 1. The molecular weight excluding hydrogens is 230 g/mol. The van der Waals surface area contributed by atoms with Crippen molar-refractivity contribution < 1.29 is 0 Å². The number of halogens is 1. The Kier molecular flexibility index (Phi) is 2.41. The molecule has 0 amide bonds. The van der Waals surface area contributed by atoms with E-state index in [-0.39, 0.29) is 0 Å². The van der Waals surface area contributed by atoms with Crippen LogP contribution in [-0.4, -0.2) is 4.98 Å². The fraction of sp³-hybridized carbons (Fsp3) is 0.0667. The summed E-state index contributed by atoms with van der Waals surface area (Å²) in [6.45, 7) is 2.09. The standard InChI is InChI=1S/C15H12ClN/c1-10-5-7-11(8-6-10)14-9-12-3-2-4-13(16)15(12)17-14/h2-9,17H,1H3. The van der Waals surface area contributed by atoms with Gasteiger partial charge in [-0.1, -0.05) is 53.6 Å². The highest BCUT2D eigenvalue weighted by atomic mass is 35.5. The van der Waals surface area contributed by atoms with Crippen LogP contribution in [0.15, 0.2) is 48.5 Å². The summed E-state index contributed by atoms with van der Waals surface area (Å²) in [4.78, 5) is 3.37. The largest absolute Gasteiger partial charge is 0.353 e. The number of aromatic amines is 1. The van der Waals surface area contributed by atoms with Crippen LogP contribution in [0.5, 0.6) is 0 Å². The molecule has 0 saturated carbocycles. The number of nitrogens with one attached hydrogen (secondary N) is 1. The lowest BCUT2D eigenvalue weighted by Crippen LogP contribution is -1.77. The van der Waals surface area contributed by atoms with Crippen molar-refractivity contribution in [2.45, 2.75) is 6.92 Å². The fourth-order valence-corrected chi connectivity index (χ4v) is 2.24. The lowest BCUT2D eigenvalue weighted by Gasteiger charge is -1.98. The Labute approximate surface area is 105 Å². The Morgan fingerprint density at radius 3 is 2.47 bits per heavy atom. The first kappa shape index (κ1) is 10.4. The van der Waals surface area contributed by atoms with Crippen LogP contribution in [0, 0.1) is 6.92 Å². The van der Waals surface area contributed by atoms with Gasteiger partial charge >= 0.3 is 0 Å². The summed E-state index contributed by atoms with van der Waals surface area (Å²) in [5.74, 6) is 0. The molecule has 3 rings (SSSR count). The van der Waals surface area contributed by atoms with Crippen LogP contribution >= 0.6 is 11.6 Å². The van der Waals surface area contributed by atoms with Crippen LogP contribution < -0.4 is 0 Å². The van der Waals surface area contributed by atoms with Crippen molar-refractivity contribution in [3.05, 3.63) is 59.1 Å². The molecule has 0 radical (unpaired) electrons. The van der Waals surface area contributed by atoms with Crippen molar-refractivity contribution in [1.29, 1.82) is 0 Å². The van der Waals surface area contributed by atoms with Gasteiger partial charge in [0.25, 0.3) is 0 Å². The predicted molar refractivity (Wildman–Crippen MR) is 73.5 cm³/mol. The van der Waals surface area contributed by atoms with Crippen molar-refractivity contribution in [1.82, 2.24) is 4.98 Å². The third kappa shape index (κ3) is 1.83. The molecule has 17 heavy (non-hydrogen) atoms. The van der Waals surface area contributed by atoms with Crippen LogP contribution in [0.25, 0.3) is 22.2 Å².